The number of para-hydroxylation sites is 2. The molecular weight excluding hydrogens is 404 g/mol. The van der Waals surface area contributed by atoms with Crippen molar-refractivity contribution in [1.29, 1.82) is 0 Å². The SMILES string of the molecule is COc1cccc(/C=N/NC(=O)c2ccccc2OCc2ccc(Cl)cc2)c1OC. The van der Waals surface area contributed by atoms with Crippen LogP contribution in [0.25, 0.3) is 0 Å². The van der Waals surface area contributed by atoms with E-state index in [0.717, 1.165) is 5.56 Å². The lowest BCUT2D eigenvalue weighted by Gasteiger charge is -2.11. The van der Waals surface area contributed by atoms with E-state index in [4.69, 9.17) is 25.8 Å². The molecule has 1 amide bonds. The van der Waals surface area contributed by atoms with Crippen molar-refractivity contribution in [2.24, 2.45) is 5.10 Å². The Morgan fingerprint density at radius 3 is 2.43 bits per heavy atom. The maximum Gasteiger partial charge on any atom is 0.275 e. The highest BCUT2D eigenvalue weighted by Crippen LogP contribution is 2.29. The summed E-state index contributed by atoms with van der Waals surface area (Å²) in [7, 11) is 3.10. The van der Waals surface area contributed by atoms with E-state index >= 15 is 0 Å². The topological polar surface area (TPSA) is 69.2 Å². The zero-order valence-corrected chi connectivity index (χ0v) is 17.3. The van der Waals surface area contributed by atoms with Gasteiger partial charge in [-0.05, 0) is 42.0 Å². The van der Waals surface area contributed by atoms with Gasteiger partial charge in [0, 0.05) is 10.6 Å². The standard InChI is InChI=1S/C23H21ClN2O4/c1-28-21-9-5-6-17(22(21)29-2)14-25-26-23(27)19-7-3-4-8-20(19)30-15-16-10-12-18(24)13-11-16/h3-14H,15H2,1-2H3,(H,26,27)/b25-14+. The molecule has 0 saturated carbocycles. The van der Waals surface area contributed by atoms with Crippen LogP contribution in [0.15, 0.2) is 71.8 Å². The number of hydrazone groups is 1. The highest BCUT2D eigenvalue weighted by molar-refractivity contribution is 6.30. The van der Waals surface area contributed by atoms with Gasteiger partial charge < -0.3 is 14.2 Å². The number of nitrogens with one attached hydrogen (secondary N) is 1. The lowest BCUT2D eigenvalue weighted by Crippen LogP contribution is -2.18. The first-order chi connectivity index (χ1) is 14.6. The summed E-state index contributed by atoms with van der Waals surface area (Å²) in [6, 6.07) is 19.7. The van der Waals surface area contributed by atoms with Crippen LogP contribution >= 0.6 is 11.6 Å². The van der Waals surface area contributed by atoms with Crippen LogP contribution in [0, 0.1) is 0 Å². The molecule has 6 nitrogen and oxygen atoms in total. The third-order valence-electron chi connectivity index (χ3n) is 4.24. The van der Waals surface area contributed by atoms with Crippen LogP contribution in [0.5, 0.6) is 17.2 Å². The Kier molecular flexibility index (Phi) is 7.29. The van der Waals surface area contributed by atoms with Gasteiger partial charge in [0.2, 0.25) is 0 Å². The number of halogens is 1. The van der Waals surface area contributed by atoms with Gasteiger partial charge in [-0.3, -0.25) is 4.79 Å². The molecule has 3 aromatic carbocycles. The number of nitrogens with zero attached hydrogens (tertiary/aromatic N) is 1. The van der Waals surface area contributed by atoms with Crippen molar-refractivity contribution in [2.45, 2.75) is 6.61 Å². The van der Waals surface area contributed by atoms with Crippen molar-refractivity contribution < 1.29 is 19.0 Å². The quantitative estimate of drug-likeness (QED) is 0.420. The molecule has 30 heavy (non-hydrogen) atoms. The lowest BCUT2D eigenvalue weighted by atomic mass is 10.2. The number of carbonyl (C=O) groups excluding carboxylic acids is 1. The molecule has 0 aromatic heterocycles. The molecule has 0 radical (unpaired) electrons. The van der Waals surface area contributed by atoms with Crippen LogP contribution in [0.2, 0.25) is 5.02 Å². The number of hydrogen-bond donors (Lipinski definition) is 1. The van der Waals surface area contributed by atoms with Crippen molar-refractivity contribution >= 4 is 23.7 Å². The van der Waals surface area contributed by atoms with Gasteiger partial charge in [0.05, 0.1) is 26.0 Å². The Bertz CT molecular complexity index is 1040. The lowest BCUT2D eigenvalue weighted by molar-refractivity contribution is 0.0950. The third-order valence-corrected chi connectivity index (χ3v) is 4.49. The molecule has 0 heterocycles. The highest BCUT2D eigenvalue weighted by atomic mass is 35.5. The van der Waals surface area contributed by atoms with Gasteiger partial charge in [-0.2, -0.15) is 5.10 Å². The van der Waals surface area contributed by atoms with E-state index in [0.29, 0.717) is 40.0 Å². The fourth-order valence-electron chi connectivity index (χ4n) is 2.76. The van der Waals surface area contributed by atoms with Gasteiger partial charge >= 0.3 is 0 Å². The number of benzene rings is 3. The summed E-state index contributed by atoms with van der Waals surface area (Å²) < 4.78 is 16.4. The van der Waals surface area contributed by atoms with Crippen molar-refractivity contribution in [2.75, 3.05) is 14.2 Å². The van der Waals surface area contributed by atoms with Crippen molar-refractivity contribution in [3.63, 3.8) is 0 Å². The molecule has 0 saturated heterocycles. The van der Waals surface area contributed by atoms with Gasteiger partial charge in [0.25, 0.3) is 5.91 Å². The van der Waals surface area contributed by atoms with Crippen LogP contribution in [-0.2, 0) is 6.61 Å². The number of hydrogen-bond acceptors (Lipinski definition) is 5. The van der Waals surface area contributed by atoms with E-state index in [2.05, 4.69) is 10.5 Å². The molecule has 0 aliphatic carbocycles. The molecule has 0 aliphatic heterocycles. The maximum absolute atomic E-state index is 12.6. The average molecular weight is 425 g/mol. The van der Waals surface area contributed by atoms with E-state index in [1.54, 1.807) is 62.8 Å². The summed E-state index contributed by atoms with van der Waals surface area (Å²) in [5, 5.41) is 4.70. The summed E-state index contributed by atoms with van der Waals surface area (Å²) in [5.74, 6) is 1.18. The van der Waals surface area contributed by atoms with Gasteiger partial charge in [-0.25, -0.2) is 5.43 Å². The van der Waals surface area contributed by atoms with Gasteiger partial charge in [0.15, 0.2) is 11.5 Å². The fraction of sp³-hybridized carbons (Fsp3) is 0.130. The second-order valence-corrected chi connectivity index (χ2v) is 6.63. The zero-order chi connectivity index (χ0) is 21.3. The van der Waals surface area contributed by atoms with Crippen LogP contribution in [0.4, 0.5) is 0 Å². The number of methoxy groups -OCH3 is 2. The molecule has 0 atom stereocenters. The minimum Gasteiger partial charge on any atom is -0.493 e. The Morgan fingerprint density at radius 1 is 0.967 bits per heavy atom. The molecule has 0 spiro atoms. The Hall–Kier alpha value is -3.51. The summed E-state index contributed by atoms with van der Waals surface area (Å²) in [5.41, 5.74) is 4.51. The predicted octanol–water partition coefficient (Wildman–Crippen LogP) is 4.70. The molecule has 0 fully saturated rings. The van der Waals surface area contributed by atoms with Crippen LogP contribution in [0.3, 0.4) is 0 Å². The fourth-order valence-corrected chi connectivity index (χ4v) is 2.88. The van der Waals surface area contributed by atoms with Crippen LogP contribution in [0.1, 0.15) is 21.5 Å². The maximum atomic E-state index is 12.6. The zero-order valence-electron chi connectivity index (χ0n) is 16.6. The van der Waals surface area contributed by atoms with Gasteiger partial charge in [-0.1, -0.05) is 41.9 Å². The van der Waals surface area contributed by atoms with Crippen molar-refractivity contribution in [1.82, 2.24) is 5.43 Å². The third kappa shape index (κ3) is 5.30. The summed E-state index contributed by atoms with van der Waals surface area (Å²) in [6.07, 6.45) is 1.50. The first kappa shape index (κ1) is 21.2. The normalized spacial score (nSPS) is 10.6. The Morgan fingerprint density at radius 2 is 1.70 bits per heavy atom. The highest BCUT2D eigenvalue weighted by Gasteiger charge is 2.12. The molecule has 154 valence electrons. The first-order valence-electron chi connectivity index (χ1n) is 9.13. The second kappa shape index (κ2) is 10.3. The molecule has 7 heteroatoms. The summed E-state index contributed by atoms with van der Waals surface area (Å²) >= 11 is 5.90. The summed E-state index contributed by atoms with van der Waals surface area (Å²) in [4.78, 5) is 12.6. The average Bonchev–Trinajstić information content (AvgIpc) is 2.78. The van der Waals surface area contributed by atoms with E-state index in [9.17, 15) is 4.79 Å². The molecule has 1 N–H and O–H groups in total. The first-order valence-corrected chi connectivity index (χ1v) is 9.51. The largest absolute Gasteiger partial charge is 0.493 e. The van der Waals surface area contributed by atoms with Crippen molar-refractivity contribution in [3.05, 3.63) is 88.4 Å². The molecular formula is C23H21ClN2O4. The molecule has 0 unspecified atom stereocenters. The van der Waals surface area contributed by atoms with Gasteiger partial charge in [-0.15, -0.1) is 0 Å². The van der Waals surface area contributed by atoms with E-state index in [1.165, 1.54) is 6.21 Å². The predicted molar refractivity (Wildman–Crippen MR) is 117 cm³/mol. The number of carbonyl (C=O) groups is 1. The Balaban J connectivity index is 1.69. The van der Waals surface area contributed by atoms with Crippen LogP contribution in [-0.4, -0.2) is 26.3 Å². The van der Waals surface area contributed by atoms with Gasteiger partial charge in [0.1, 0.15) is 12.4 Å². The second-order valence-electron chi connectivity index (χ2n) is 6.19. The molecule has 3 rings (SSSR count). The number of amides is 1. The van der Waals surface area contributed by atoms with E-state index < -0.39 is 0 Å². The molecule has 3 aromatic rings. The number of rotatable bonds is 8. The van der Waals surface area contributed by atoms with E-state index in [1.807, 2.05) is 18.2 Å². The monoisotopic (exact) mass is 424 g/mol. The Labute approximate surface area is 180 Å². The van der Waals surface area contributed by atoms with E-state index in [-0.39, 0.29) is 5.91 Å². The van der Waals surface area contributed by atoms with Crippen LogP contribution < -0.4 is 19.6 Å². The minimum atomic E-state index is -0.389. The minimum absolute atomic E-state index is 0.311. The van der Waals surface area contributed by atoms with Crippen molar-refractivity contribution in [3.8, 4) is 17.2 Å². The number of ether oxygens (including phenoxy) is 3. The molecule has 0 aliphatic rings. The summed E-state index contributed by atoms with van der Waals surface area (Å²) in [6.45, 7) is 0.311. The smallest absolute Gasteiger partial charge is 0.275 e. The molecule has 0 bridgehead atoms.